The summed E-state index contributed by atoms with van der Waals surface area (Å²) in [6, 6.07) is 19.3. The van der Waals surface area contributed by atoms with Gasteiger partial charge in [0.1, 0.15) is 23.1 Å². The minimum atomic E-state index is -4.09. The summed E-state index contributed by atoms with van der Waals surface area (Å²) >= 11 is 0. The van der Waals surface area contributed by atoms with Crippen LogP contribution in [0, 0.1) is 0 Å². The molecule has 0 bridgehead atoms. The van der Waals surface area contributed by atoms with Crippen molar-refractivity contribution in [2.24, 2.45) is 0 Å². The van der Waals surface area contributed by atoms with Crippen LogP contribution in [-0.2, 0) is 26.0 Å². The highest BCUT2D eigenvalue weighted by Gasteiger charge is 2.26. The standard InChI is InChI=1S/C27H28N2O9S/c30-25(31)18-38-24-13-12-19(16-22(24)27(33)34)17-23(29-39(35,36)21-10-5-2-6-11-21)26(32)28-14-7-15-37-20-8-3-1-4-9-20/h1-6,8-13,16,23,29H,7,14-15,17-18H2,(H,28,32)(H,30,31)(H,33,34)/t23-/m0/s1. The quantitative estimate of drug-likeness (QED) is 0.205. The van der Waals surface area contributed by atoms with Gasteiger partial charge in [-0.25, -0.2) is 18.0 Å². The second kappa shape index (κ2) is 13.9. The lowest BCUT2D eigenvalue weighted by Gasteiger charge is -2.19. The number of amides is 1. The number of carbonyl (C=O) groups is 3. The molecule has 0 saturated heterocycles. The molecule has 3 rings (SSSR count). The van der Waals surface area contributed by atoms with E-state index in [4.69, 9.17) is 14.6 Å². The highest BCUT2D eigenvalue weighted by molar-refractivity contribution is 7.89. The lowest BCUT2D eigenvalue weighted by Crippen LogP contribution is -2.48. The van der Waals surface area contributed by atoms with Gasteiger partial charge in [-0.05, 0) is 54.8 Å². The van der Waals surface area contributed by atoms with Crippen molar-refractivity contribution < 1.29 is 42.5 Å². The van der Waals surface area contributed by atoms with Gasteiger partial charge in [-0.3, -0.25) is 4.79 Å². The van der Waals surface area contributed by atoms with Crippen LogP contribution in [0.5, 0.6) is 11.5 Å². The van der Waals surface area contributed by atoms with Crippen LogP contribution in [0.25, 0.3) is 0 Å². The largest absolute Gasteiger partial charge is 0.494 e. The number of nitrogens with one attached hydrogen (secondary N) is 2. The molecule has 0 aliphatic heterocycles. The molecule has 0 aromatic heterocycles. The third-order valence-corrected chi connectivity index (χ3v) is 6.85. The van der Waals surface area contributed by atoms with Crippen LogP contribution in [0.15, 0.2) is 83.8 Å². The average molecular weight is 557 g/mol. The normalized spacial score (nSPS) is 11.8. The molecule has 1 amide bonds. The number of aromatic carboxylic acids is 1. The number of hydrogen-bond acceptors (Lipinski definition) is 7. The third kappa shape index (κ3) is 9.13. The first-order valence-electron chi connectivity index (χ1n) is 11.9. The first-order chi connectivity index (χ1) is 18.7. The van der Waals surface area contributed by atoms with Crippen molar-refractivity contribution in [3.05, 3.63) is 90.0 Å². The maximum Gasteiger partial charge on any atom is 0.341 e. The molecule has 39 heavy (non-hydrogen) atoms. The van der Waals surface area contributed by atoms with Gasteiger partial charge in [0, 0.05) is 6.54 Å². The maximum atomic E-state index is 13.1. The number of carbonyl (C=O) groups excluding carboxylic acids is 1. The van der Waals surface area contributed by atoms with Crippen molar-refractivity contribution in [2.75, 3.05) is 19.8 Å². The number of rotatable bonds is 15. The molecule has 11 nitrogen and oxygen atoms in total. The number of sulfonamides is 1. The summed E-state index contributed by atoms with van der Waals surface area (Å²) in [5.41, 5.74) is -0.00437. The van der Waals surface area contributed by atoms with Crippen molar-refractivity contribution in [2.45, 2.75) is 23.8 Å². The Morgan fingerprint density at radius 1 is 0.872 bits per heavy atom. The number of para-hydroxylation sites is 1. The van der Waals surface area contributed by atoms with E-state index in [2.05, 4.69) is 10.0 Å². The fourth-order valence-corrected chi connectivity index (χ4v) is 4.75. The Morgan fingerprint density at radius 3 is 2.18 bits per heavy atom. The first-order valence-corrected chi connectivity index (χ1v) is 13.4. The molecule has 0 aliphatic carbocycles. The molecule has 12 heteroatoms. The molecule has 0 spiro atoms. The summed E-state index contributed by atoms with van der Waals surface area (Å²) in [5.74, 6) is -2.75. The molecule has 4 N–H and O–H groups in total. The second-order valence-corrected chi connectivity index (χ2v) is 10.0. The van der Waals surface area contributed by atoms with Crippen LogP contribution in [0.2, 0.25) is 0 Å². The molecule has 0 heterocycles. The predicted molar refractivity (Wildman–Crippen MR) is 140 cm³/mol. The summed E-state index contributed by atoms with van der Waals surface area (Å²) in [6.07, 6.45) is 0.273. The van der Waals surface area contributed by atoms with Crippen LogP contribution in [0.3, 0.4) is 0 Å². The van der Waals surface area contributed by atoms with Gasteiger partial charge < -0.3 is 25.0 Å². The zero-order chi connectivity index (χ0) is 28.3. The van der Waals surface area contributed by atoms with Crippen molar-refractivity contribution in [3.63, 3.8) is 0 Å². The van der Waals surface area contributed by atoms with E-state index in [-0.39, 0.29) is 29.2 Å². The first kappa shape index (κ1) is 29.1. The lowest BCUT2D eigenvalue weighted by atomic mass is 10.0. The molecule has 3 aromatic carbocycles. The Labute approximate surface area is 225 Å². The molecule has 0 aliphatic rings. The van der Waals surface area contributed by atoms with E-state index in [9.17, 15) is 27.9 Å². The van der Waals surface area contributed by atoms with Crippen LogP contribution >= 0.6 is 0 Å². The summed E-state index contributed by atoms with van der Waals surface area (Å²) in [5, 5.41) is 21.1. The Morgan fingerprint density at radius 2 is 1.54 bits per heavy atom. The molecular formula is C27H28N2O9S. The molecular weight excluding hydrogens is 528 g/mol. The third-order valence-electron chi connectivity index (χ3n) is 5.37. The SMILES string of the molecule is O=C(O)COc1ccc(C[C@H](NS(=O)(=O)c2ccccc2)C(=O)NCCCOc2ccccc2)cc1C(=O)O. The fraction of sp³-hybridized carbons (Fsp3) is 0.222. The van der Waals surface area contributed by atoms with E-state index in [0.29, 0.717) is 24.3 Å². The van der Waals surface area contributed by atoms with E-state index in [1.807, 2.05) is 18.2 Å². The minimum Gasteiger partial charge on any atom is -0.494 e. The van der Waals surface area contributed by atoms with Gasteiger partial charge in [0.15, 0.2) is 6.61 Å². The number of benzene rings is 3. The smallest absolute Gasteiger partial charge is 0.341 e. The van der Waals surface area contributed by atoms with E-state index in [0.717, 1.165) is 0 Å². The van der Waals surface area contributed by atoms with Crippen LogP contribution < -0.4 is 19.5 Å². The van der Waals surface area contributed by atoms with E-state index in [1.165, 1.54) is 30.3 Å². The van der Waals surface area contributed by atoms with Crippen molar-refractivity contribution >= 4 is 27.9 Å². The predicted octanol–water partition coefficient (Wildman–Crippen LogP) is 2.32. The minimum absolute atomic E-state index is 0.0392. The number of carboxylic acid groups (broad SMARTS) is 2. The Hall–Kier alpha value is -4.42. The maximum absolute atomic E-state index is 13.1. The molecule has 0 fully saturated rings. The van der Waals surface area contributed by atoms with Crippen LogP contribution in [0.4, 0.5) is 0 Å². The summed E-state index contributed by atoms with van der Waals surface area (Å²) in [4.78, 5) is 35.6. The van der Waals surface area contributed by atoms with Gasteiger partial charge in [-0.15, -0.1) is 0 Å². The molecule has 206 valence electrons. The molecule has 0 saturated carbocycles. The lowest BCUT2D eigenvalue weighted by molar-refractivity contribution is -0.139. The van der Waals surface area contributed by atoms with Gasteiger partial charge in [0.25, 0.3) is 0 Å². The zero-order valence-corrected chi connectivity index (χ0v) is 21.6. The van der Waals surface area contributed by atoms with Crippen LogP contribution in [-0.4, -0.2) is 62.3 Å². The Kier molecular flexibility index (Phi) is 10.4. The molecule has 0 radical (unpaired) electrons. The van der Waals surface area contributed by atoms with Crippen molar-refractivity contribution in [1.29, 1.82) is 0 Å². The summed E-state index contributed by atoms with van der Waals surface area (Å²) in [7, 11) is -4.09. The summed E-state index contributed by atoms with van der Waals surface area (Å²) < 4.78 is 39.0. The van der Waals surface area contributed by atoms with Gasteiger partial charge in [-0.2, -0.15) is 4.72 Å². The van der Waals surface area contributed by atoms with Crippen molar-refractivity contribution in [3.8, 4) is 11.5 Å². The number of hydrogen-bond donors (Lipinski definition) is 4. The molecule has 0 unspecified atom stereocenters. The van der Waals surface area contributed by atoms with E-state index < -0.39 is 40.5 Å². The highest BCUT2D eigenvalue weighted by Crippen LogP contribution is 2.22. The Bertz CT molecular complexity index is 1380. The molecule has 1 atom stereocenters. The van der Waals surface area contributed by atoms with E-state index >= 15 is 0 Å². The summed E-state index contributed by atoms with van der Waals surface area (Å²) in [6.45, 7) is -0.211. The number of ether oxygens (including phenoxy) is 2. The van der Waals surface area contributed by atoms with Gasteiger partial charge >= 0.3 is 11.9 Å². The van der Waals surface area contributed by atoms with Gasteiger partial charge in [0.2, 0.25) is 15.9 Å². The van der Waals surface area contributed by atoms with Crippen LogP contribution in [0.1, 0.15) is 22.3 Å². The monoisotopic (exact) mass is 556 g/mol. The van der Waals surface area contributed by atoms with Crippen molar-refractivity contribution in [1.82, 2.24) is 10.0 Å². The number of aliphatic carboxylic acids is 1. The Balaban J connectivity index is 1.74. The number of carboxylic acids is 2. The zero-order valence-electron chi connectivity index (χ0n) is 20.8. The second-order valence-electron chi connectivity index (χ2n) is 8.32. The topological polar surface area (TPSA) is 168 Å². The highest BCUT2D eigenvalue weighted by atomic mass is 32.2. The van der Waals surface area contributed by atoms with E-state index in [1.54, 1.807) is 30.3 Å². The molecule has 3 aromatic rings. The van der Waals surface area contributed by atoms with Gasteiger partial charge in [0.05, 0.1) is 11.5 Å². The van der Waals surface area contributed by atoms with Gasteiger partial charge in [-0.1, -0.05) is 42.5 Å². The average Bonchev–Trinajstić information content (AvgIpc) is 2.92. The fourth-order valence-electron chi connectivity index (χ4n) is 3.53.